The van der Waals surface area contributed by atoms with Crippen LogP contribution in [0.5, 0.6) is 5.75 Å². The van der Waals surface area contributed by atoms with E-state index in [9.17, 15) is 9.90 Å². The van der Waals surface area contributed by atoms with Crippen molar-refractivity contribution >= 4 is 5.91 Å². The summed E-state index contributed by atoms with van der Waals surface area (Å²) in [5.74, 6) is -0.164. The average Bonchev–Trinajstić information content (AvgIpc) is 2.58. The molecule has 5 nitrogen and oxygen atoms in total. The number of ether oxygens (including phenoxy) is 1. The number of carbonyl (C=O) groups is 1. The summed E-state index contributed by atoms with van der Waals surface area (Å²) in [6, 6.07) is 15.0. The summed E-state index contributed by atoms with van der Waals surface area (Å²) < 4.78 is 5.72. The van der Waals surface area contributed by atoms with E-state index in [-0.39, 0.29) is 11.6 Å². The van der Waals surface area contributed by atoms with Gasteiger partial charge in [0, 0.05) is 12.6 Å². The number of amides is 1. The van der Waals surface area contributed by atoms with E-state index in [1.54, 1.807) is 18.2 Å². The molecule has 0 aromatic heterocycles. The molecule has 1 amide bonds. The monoisotopic (exact) mass is 328 g/mol. The van der Waals surface area contributed by atoms with E-state index < -0.39 is 12.0 Å². The average molecular weight is 328 g/mol. The van der Waals surface area contributed by atoms with Gasteiger partial charge in [0.2, 0.25) is 0 Å². The summed E-state index contributed by atoms with van der Waals surface area (Å²) in [5.41, 5.74) is 7.36. The van der Waals surface area contributed by atoms with Gasteiger partial charge in [0.1, 0.15) is 12.4 Å². The van der Waals surface area contributed by atoms with Gasteiger partial charge in [0.15, 0.2) is 0 Å². The second-order valence-corrected chi connectivity index (χ2v) is 5.97. The van der Waals surface area contributed by atoms with Gasteiger partial charge in [-0.25, -0.2) is 0 Å². The molecule has 24 heavy (non-hydrogen) atoms. The molecule has 0 aliphatic carbocycles. The highest BCUT2D eigenvalue weighted by molar-refractivity contribution is 5.95. The summed E-state index contributed by atoms with van der Waals surface area (Å²) in [6.45, 7) is 4.75. The van der Waals surface area contributed by atoms with Gasteiger partial charge in [0.25, 0.3) is 5.91 Å². The van der Waals surface area contributed by atoms with Gasteiger partial charge in [-0.05, 0) is 23.3 Å². The maximum atomic E-state index is 11.7. The van der Waals surface area contributed by atoms with Gasteiger partial charge in [0.05, 0.1) is 11.7 Å². The Bertz CT molecular complexity index is 672. The van der Waals surface area contributed by atoms with Crippen molar-refractivity contribution in [3.8, 4) is 5.75 Å². The summed E-state index contributed by atoms with van der Waals surface area (Å²) in [6.07, 6.45) is -0.714. The molecule has 0 spiro atoms. The second-order valence-electron chi connectivity index (χ2n) is 5.97. The lowest BCUT2D eigenvalue weighted by Crippen LogP contribution is -2.28. The fourth-order valence-corrected chi connectivity index (χ4v) is 2.27. The van der Waals surface area contributed by atoms with Crippen molar-refractivity contribution in [1.29, 1.82) is 0 Å². The number of nitrogens with one attached hydrogen (secondary N) is 1. The molecule has 0 radical (unpaired) electrons. The van der Waals surface area contributed by atoms with Crippen LogP contribution in [0.2, 0.25) is 0 Å². The molecule has 0 fully saturated rings. The molecule has 1 atom stereocenters. The molecule has 0 aliphatic heterocycles. The van der Waals surface area contributed by atoms with Gasteiger partial charge >= 0.3 is 0 Å². The Labute approximate surface area is 142 Å². The molecule has 1 unspecified atom stereocenters. The highest BCUT2D eigenvalue weighted by atomic mass is 16.5. The Balaban J connectivity index is 2.13. The van der Waals surface area contributed by atoms with Gasteiger partial charge in [-0.15, -0.1) is 0 Å². The number of rotatable bonds is 8. The van der Waals surface area contributed by atoms with Crippen LogP contribution in [0.25, 0.3) is 0 Å². The van der Waals surface area contributed by atoms with Crippen LogP contribution in [-0.2, 0) is 6.61 Å². The van der Waals surface area contributed by atoms with Crippen LogP contribution in [-0.4, -0.2) is 23.6 Å². The van der Waals surface area contributed by atoms with E-state index in [0.29, 0.717) is 24.5 Å². The third-order valence-electron chi connectivity index (χ3n) is 3.61. The van der Waals surface area contributed by atoms with Crippen LogP contribution < -0.4 is 15.8 Å². The number of nitrogens with two attached hydrogens (primary N) is 1. The first-order valence-corrected chi connectivity index (χ1v) is 7.99. The van der Waals surface area contributed by atoms with Crippen LogP contribution in [0.3, 0.4) is 0 Å². The number of aliphatic hydroxyl groups is 1. The Morgan fingerprint density at radius 2 is 1.92 bits per heavy atom. The maximum absolute atomic E-state index is 11.7. The van der Waals surface area contributed by atoms with E-state index in [4.69, 9.17) is 10.5 Å². The molecule has 2 rings (SSSR count). The van der Waals surface area contributed by atoms with E-state index in [1.165, 1.54) is 0 Å². The van der Waals surface area contributed by atoms with Crippen molar-refractivity contribution in [2.24, 2.45) is 5.73 Å². The van der Waals surface area contributed by atoms with Gasteiger partial charge < -0.3 is 20.9 Å². The topological polar surface area (TPSA) is 84.6 Å². The zero-order valence-corrected chi connectivity index (χ0v) is 14.0. The Kier molecular flexibility index (Phi) is 6.35. The maximum Gasteiger partial charge on any atom is 0.252 e. The largest absolute Gasteiger partial charge is 0.488 e. The van der Waals surface area contributed by atoms with Gasteiger partial charge in [-0.3, -0.25) is 4.79 Å². The third kappa shape index (κ3) is 5.08. The summed E-state index contributed by atoms with van der Waals surface area (Å²) in [4.78, 5) is 11.7. The smallest absolute Gasteiger partial charge is 0.252 e. The van der Waals surface area contributed by atoms with Crippen molar-refractivity contribution in [3.63, 3.8) is 0 Å². The highest BCUT2D eigenvalue weighted by Gasteiger charge is 2.15. The minimum absolute atomic E-state index is 0.267. The van der Waals surface area contributed by atoms with Gasteiger partial charge in [-0.1, -0.05) is 50.2 Å². The first-order valence-electron chi connectivity index (χ1n) is 7.99. The van der Waals surface area contributed by atoms with Crippen LogP contribution in [0.15, 0.2) is 48.5 Å². The van der Waals surface area contributed by atoms with E-state index in [0.717, 1.165) is 5.56 Å². The SMILES string of the molecule is CC(C)NCC(O)c1ccc(OCc2ccccc2)c(C(N)=O)c1. The molecule has 0 aliphatic rings. The molecule has 0 bridgehead atoms. The van der Waals surface area contributed by atoms with E-state index in [1.807, 2.05) is 44.2 Å². The van der Waals surface area contributed by atoms with E-state index >= 15 is 0 Å². The molecule has 0 saturated heterocycles. The normalized spacial score (nSPS) is 12.2. The van der Waals surface area contributed by atoms with Crippen molar-refractivity contribution in [3.05, 3.63) is 65.2 Å². The van der Waals surface area contributed by atoms with Crippen molar-refractivity contribution in [2.45, 2.75) is 32.6 Å². The van der Waals surface area contributed by atoms with Crippen LogP contribution in [0.1, 0.15) is 41.4 Å². The minimum atomic E-state index is -0.714. The standard InChI is InChI=1S/C19H24N2O3/c1-13(2)21-11-17(22)15-8-9-18(16(10-15)19(20)23)24-12-14-6-4-3-5-7-14/h3-10,13,17,21-22H,11-12H2,1-2H3,(H2,20,23). The minimum Gasteiger partial charge on any atom is -0.488 e. The molecule has 0 heterocycles. The van der Waals surface area contributed by atoms with E-state index in [2.05, 4.69) is 5.32 Å². The molecule has 0 saturated carbocycles. The van der Waals surface area contributed by atoms with Crippen molar-refractivity contribution in [1.82, 2.24) is 5.32 Å². The number of hydrogen-bond donors (Lipinski definition) is 3. The first kappa shape index (κ1) is 18.0. The fourth-order valence-electron chi connectivity index (χ4n) is 2.27. The number of hydrogen-bond acceptors (Lipinski definition) is 4. The Hall–Kier alpha value is -2.37. The van der Waals surface area contributed by atoms with Crippen LogP contribution >= 0.6 is 0 Å². The van der Waals surface area contributed by atoms with Crippen molar-refractivity contribution in [2.75, 3.05) is 6.54 Å². The van der Waals surface area contributed by atoms with Crippen LogP contribution in [0, 0.1) is 0 Å². The molecular formula is C19H24N2O3. The lowest BCUT2D eigenvalue weighted by Gasteiger charge is -2.16. The highest BCUT2D eigenvalue weighted by Crippen LogP contribution is 2.24. The quantitative estimate of drug-likeness (QED) is 0.695. The number of carbonyl (C=O) groups excluding carboxylic acids is 1. The Morgan fingerprint density at radius 1 is 1.21 bits per heavy atom. The molecule has 2 aromatic rings. The molecule has 128 valence electrons. The number of aliphatic hydroxyl groups excluding tert-OH is 1. The fraction of sp³-hybridized carbons (Fsp3) is 0.316. The summed E-state index contributed by atoms with van der Waals surface area (Å²) in [5, 5.41) is 13.4. The molecule has 4 N–H and O–H groups in total. The number of primary amides is 1. The Morgan fingerprint density at radius 3 is 2.54 bits per heavy atom. The zero-order valence-electron chi connectivity index (χ0n) is 14.0. The lowest BCUT2D eigenvalue weighted by atomic mass is 10.0. The third-order valence-corrected chi connectivity index (χ3v) is 3.61. The summed E-state index contributed by atoms with van der Waals surface area (Å²) >= 11 is 0. The number of benzene rings is 2. The van der Waals surface area contributed by atoms with Crippen molar-refractivity contribution < 1.29 is 14.6 Å². The van der Waals surface area contributed by atoms with Crippen LogP contribution in [0.4, 0.5) is 0 Å². The lowest BCUT2D eigenvalue weighted by molar-refractivity contribution is 0.0995. The predicted octanol–water partition coefficient (Wildman–Crippen LogP) is 2.40. The summed E-state index contributed by atoms with van der Waals surface area (Å²) in [7, 11) is 0. The molecule has 5 heteroatoms. The zero-order chi connectivity index (χ0) is 17.5. The predicted molar refractivity (Wildman–Crippen MR) is 93.8 cm³/mol. The van der Waals surface area contributed by atoms with Gasteiger partial charge in [-0.2, -0.15) is 0 Å². The second kappa shape index (κ2) is 8.47. The molecule has 2 aromatic carbocycles. The first-order chi connectivity index (χ1) is 11.5. The molecular weight excluding hydrogens is 304 g/mol.